The van der Waals surface area contributed by atoms with Crippen molar-refractivity contribution in [2.24, 2.45) is 0 Å². The highest BCUT2D eigenvalue weighted by Crippen LogP contribution is 2.39. The number of carbonyl (C=O) groups is 1. The Morgan fingerprint density at radius 2 is 1.52 bits per heavy atom. The first-order valence-electron chi connectivity index (χ1n) is 12.7. The number of alkyl halides is 3. The van der Waals surface area contributed by atoms with Gasteiger partial charge in [-0.15, -0.1) is 0 Å². The number of benzene rings is 4. The van der Waals surface area contributed by atoms with Crippen LogP contribution >= 0.6 is 0 Å². The first-order chi connectivity index (χ1) is 19.1. The Morgan fingerprint density at radius 1 is 0.850 bits per heavy atom. The molecule has 0 bridgehead atoms. The van der Waals surface area contributed by atoms with E-state index >= 15 is 0 Å². The monoisotopic (exact) mass is 544 g/mol. The third-order valence-corrected chi connectivity index (χ3v) is 6.85. The van der Waals surface area contributed by atoms with Crippen LogP contribution in [0.4, 0.5) is 13.2 Å². The number of carbonyl (C=O) groups excluding carboxylic acids is 1. The Bertz CT molecular complexity index is 1670. The van der Waals surface area contributed by atoms with E-state index in [2.05, 4.69) is 5.10 Å². The minimum Gasteiger partial charge on any atom is -0.468 e. The van der Waals surface area contributed by atoms with E-state index in [1.54, 1.807) is 61.0 Å². The van der Waals surface area contributed by atoms with Gasteiger partial charge in [-0.25, -0.2) is 0 Å². The minimum atomic E-state index is -4.54. The van der Waals surface area contributed by atoms with Crippen molar-refractivity contribution in [1.29, 1.82) is 0 Å². The molecular formula is C32H27F3N2O3. The molecule has 5 nitrogen and oxygen atoms in total. The number of ether oxygens (including phenoxy) is 2. The lowest BCUT2D eigenvalue weighted by molar-refractivity contribution is -0.146. The predicted octanol–water partition coefficient (Wildman–Crippen LogP) is 8.01. The Balaban J connectivity index is 1.58. The van der Waals surface area contributed by atoms with Gasteiger partial charge >= 0.3 is 12.1 Å². The van der Waals surface area contributed by atoms with Crippen molar-refractivity contribution in [3.05, 3.63) is 114 Å². The second-order valence-electron chi connectivity index (χ2n) is 9.97. The number of hydrogen-bond acceptors (Lipinski definition) is 4. The van der Waals surface area contributed by atoms with E-state index < -0.39 is 17.2 Å². The highest BCUT2D eigenvalue weighted by atomic mass is 19.4. The largest absolute Gasteiger partial charge is 0.468 e. The van der Waals surface area contributed by atoms with Crippen molar-refractivity contribution in [2.45, 2.75) is 32.0 Å². The first kappa shape index (κ1) is 27.0. The molecule has 1 aromatic heterocycles. The van der Waals surface area contributed by atoms with Crippen molar-refractivity contribution < 1.29 is 27.4 Å². The van der Waals surface area contributed by atoms with Crippen molar-refractivity contribution in [2.75, 3.05) is 7.11 Å². The molecule has 0 radical (unpaired) electrons. The van der Waals surface area contributed by atoms with Crippen LogP contribution in [0.15, 0.2) is 97.1 Å². The van der Waals surface area contributed by atoms with Gasteiger partial charge in [-0.05, 0) is 55.3 Å². The van der Waals surface area contributed by atoms with Gasteiger partial charge in [-0.3, -0.25) is 9.48 Å². The van der Waals surface area contributed by atoms with E-state index in [0.717, 1.165) is 17.2 Å². The average Bonchev–Trinajstić information content (AvgIpc) is 3.30. The van der Waals surface area contributed by atoms with Gasteiger partial charge in [0.1, 0.15) is 17.0 Å². The van der Waals surface area contributed by atoms with Gasteiger partial charge in [0.25, 0.3) is 0 Å². The van der Waals surface area contributed by atoms with Crippen LogP contribution in [0.25, 0.3) is 22.2 Å². The zero-order valence-electron chi connectivity index (χ0n) is 22.2. The van der Waals surface area contributed by atoms with Crippen LogP contribution < -0.4 is 4.74 Å². The molecule has 0 unspecified atom stereocenters. The van der Waals surface area contributed by atoms with Crippen molar-refractivity contribution in [1.82, 2.24) is 9.78 Å². The summed E-state index contributed by atoms with van der Waals surface area (Å²) in [5, 5.41) is 4.83. The molecule has 5 aromatic rings. The van der Waals surface area contributed by atoms with Crippen molar-refractivity contribution in [3.8, 4) is 22.8 Å². The molecule has 0 amide bonds. The van der Waals surface area contributed by atoms with Crippen molar-refractivity contribution >= 4 is 16.9 Å². The predicted molar refractivity (Wildman–Crippen MR) is 147 cm³/mol. The second-order valence-corrected chi connectivity index (χ2v) is 9.97. The van der Waals surface area contributed by atoms with Gasteiger partial charge in [-0.1, -0.05) is 66.7 Å². The van der Waals surface area contributed by atoms with Crippen LogP contribution in [0.3, 0.4) is 0 Å². The molecule has 4 aromatic carbocycles. The van der Waals surface area contributed by atoms with Gasteiger partial charge < -0.3 is 9.47 Å². The summed E-state index contributed by atoms with van der Waals surface area (Å²) in [5.41, 5.74) is 1.06. The summed E-state index contributed by atoms with van der Waals surface area (Å²) < 4.78 is 54.4. The lowest BCUT2D eigenvalue weighted by Crippen LogP contribution is -2.30. The quantitative estimate of drug-likeness (QED) is 0.195. The maximum absolute atomic E-state index is 13.9. The molecule has 0 saturated carbocycles. The summed E-state index contributed by atoms with van der Waals surface area (Å²) in [5.74, 6) is 0.621. The molecule has 0 aliphatic carbocycles. The SMILES string of the molecule is COC(=O)C(C)(C)c1cccc(Oc2cccc(-c3c4cccc(C(F)(F)F)c4nn3Cc3ccccc3)c2)c1. The van der Waals surface area contributed by atoms with Gasteiger partial charge in [0.15, 0.2) is 0 Å². The molecule has 0 atom stereocenters. The molecule has 0 saturated heterocycles. The Labute approximate surface area is 229 Å². The van der Waals surface area contributed by atoms with Gasteiger partial charge in [0.05, 0.1) is 30.3 Å². The summed E-state index contributed by atoms with van der Waals surface area (Å²) in [6.07, 6.45) is -4.54. The van der Waals surface area contributed by atoms with Gasteiger partial charge in [-0.2, -0.15) is 18.3 Å². The van der Waals surface area contributed by atoms with Crippen LogP contribution in [-0.2, 0) is 27.7 Å². The number of halogens is 3. The molecule has 204 valence electrons. The van der Waals surface area contributed by atoms with Crippen LogP contribution in [-0.4, -0.2) is 22.9 Å². The molecule has 0 spiro atoms. The number of rotatable bonds is 7. The van der Waals surface area contributed by atoms with E-state index in [-0.39, 0.29) is 18.0 Å². The average molecular weight is 545 g/mol. The van der Waals surface area contributed by atoms with Crippen LogP contribution in [0.5, 0.6) is 11.5 Å². The molecule has 0 aliphatic heterocycles. The molecule has 40 heavy (non-hydrogen) atoms. The third kappa shape index (κ3) is 5.30. The highest BCUT2D eigenvalue weighted by Gasteiger charge is 2.35. The molecule has 8 heteroatoms. The molecular weight excluding hydrogens is 517 g/mol. The molecule has 5 rings (SSSR count). The zero-order valence-corrected chi connectivity index (χ0v) is 22.2. The standard InChI is InChI=1S/C32H27F3N2O3/c1-31(2,30(38)39-3)23-13-8-15-25(19-23)40-24-14-7-12-22(18-24)29-26-16-9-17-27(32(33,34)35)28(26)36-37(29)20-21-10-5-4-6-11-21/h4-19H,20H2,1-3H3. The highest BCUT2D eigenvalue weighted by molar-refractivity contribution is 5.95. The van der Waals surface area contributed by atoms with Crippen molar-refractivity contribution in [3.63, 3.8) is 0 Å². The third-order valence-electron chi connectivity index (χ3n) is 6.85. The molecule has 0 fully saturated rings. The normalized spacial score (nSPS) is 11.9. The number of fused-ring (bicyclic) bond motifs is 1. The maximum atomic E-state index is 13.9. The fourth-order valence-corrected chi connectivity index (χ4v) is 4.72. The molecule has 1 heterocycles. The maximum Gasteiger partial charge on any atom is 0.418 e. The van der Waals surface area contributed by atoms with Crippen LogP contribution in [0.1, 0.15) is 30.5 Å². The van der Waals surface area contributed by atoms with E-state index in [0.29, 0.717) is 28.1 Å². The Kier molecular flexibility index (Phi) is 7.10. The zero-order chi connectivity index (χ0) is 28.5. The Hall–Kier alpha value is -4.59. The summed E-state index contributed by atoms with van der Waals surface area (Å²) in [6.45, 7) is 3.83. The number of hydrogen-bond donors (Lipinski definition) is 0. The fourth-order valence-electron chi connectivity index (χ4n) is 4.72. The smallest absolute Gasteiger partial charge is 0.418 e. The van der Waals surface area contributed by atoms with Gasteiger partial charge in [0, 0.05) is 10.9 Å². The fraction of sp³-hybridized carbons (Fsp3) is 0.188. The topological polar surface area (TPSA) is 53.4 Å². The lowest BCUT2D eigenvalue weighted by atomic mass is 9.85. The molecule has 0 aliphatic rings. The number of methoxy groups -OCH3 is 1. The van der Waals surface area contributed by atoms with Crippen LogP contribution in [0.2, 0.25) is 0 Å². The van der Waals surface area contributed by atoms with E-state index in [1.807, 2.05) is 42.5 Å². The van der Waals surface area contributed by atoms with E-state index in [1.165, 1.54) is 13.2 Å². The number of nitrogens with zero attached hydrogens (tertiary/aromatic N) is 2. The van der Waals surface area contributed by atoms with E-state index in [9.17, 15) is 18.0 Å². The summed E-state index contributed by atoms with van der Waals surface area (Å²) in [7, 11) is 1.35. The van der Waals surface area contributed by atoms with Crippen LogP contribution in [0, 0.1) is 0 Å². The molecule has 0 N–H and O–H groups in total. The summed E-state index contributed by atoms with van der Waals surface area (Å²) in [4.78, 5) is 12.3. The minimum absolute atomic E-state index is 0.106. The second kappa shape index (κ2) is 10.5. The van der Waals surface area contributed by atoms with Gasteiger partial charge in [0.2, 0.25) is 0 Å². The number of aromatic nitrogens is 2. The summed E-state index contributed by atoms with van der Waals surface area (Å²) in [6, 6.07) is 27.9. The Morgan fingerprint density at radius 3 is 2.23 bits per heavy atom. The van der Waals surface area contributed by atoms with E-state index in [4.69, 9.17) is 9.47 Å². The summed E-state index contributed by atoms with van der Waals surface area (Å²) >= 11 is 0. The number of esters is 1. The first-order valence-corrected chi connectivity index (χ1v) is 12.7. The lowest BCUT2D eigenvalue weighted by Gasteiger charge is -2.22.